The Balaban J connectivity index is 1.61. The van der Waals surface area contributed by atoms with Gasteiger partial charge in [-0.3, -0.25) is 0 Å². The molecule has 3 aromatic heterocycles. The molecule has 0 saturated carbocycles. The summed E-state index contributed by atoms with van der Waals surface area (Å²) in [5.74, 6) is 2.07. The average molecular weight is 353 g/mol. The zero-order valence-electron chi connectivity index (χ0n) is 13.3. The number of ether oxygens (including phenoxy) is 2. The lowest BCUT2D eigenvalue weighted by Gasteiger charge is -2.15. The third-order valence-electron chi connectivity index (χ3n) is 4.32. The van der Waals surface area contributed by atoms with Crippen LogP contribution in [-0.2, 0) is 24.5 Å². The number of nitrogens with zero attached hydrogens (tertiary/aromatic N) is 4. The number of hydrogen-bond donors (Lipinski definition) is 1. The largest absolute Gasteiger partial charge is 0.487 e. The Hall–Kier alpha value is -2.71. The van der Waals surface area contributed by atoms with Crippen molar-refractivity contribution in [1.29, 1.82) is 0 Å². The van der Waals surface area contributed by atoms with Gasteiger partial charge in [0.1, 0.15) is 30.3 Å². The van der Waals surface area contributed by atoms with Crippen LogP contribution < -0.4 is 10.5 Å². The molecule has 0 unspecified atom stereocenters. The van der Waals surface area contributed by atoms with Crippen molar-refractivity contribution in [2.75, 3.05) is 12.3 Å². The van der Waals surface area contributed by atoms with Gasteiger partial charge in [-0.05, 0) is 12.1 Å². The van der Waals surface area contributed by atoms with Crippen LogP contribution in [0.1, 0.15) is 11.5 Å². The monoisotopic (exact) mass is 353 g/mol. The van der Waals surface area contributed by atoms with Crippen LogP contribution >= 0.6 is 11.3 Å². The van der Waals surface area contributed by atoms with E-state index >= 15 is 0 Å². The number of imidazole rings is 1. The number of aromatic nitrogens is 4. The van der Waals surface area contributed by atoms with Gasteiger partial charge in [-0.15, -0.1) is 11.3 Å². The second-order valence-electron chi connectivity index (χ2n) is 5.87. The Morgan fingerprint density at radius 1 is 1.32 bits per heavy atom. The van der Waals surface area contributed by atoms with Crippen LogP contribution in [0.5, 0.6) is 5.75 Å². The van der Waals surface area contributed by atoms with Crippen molar-refractivity contribution < 1.29 is 9.47 Å². The van der Waals surface area contributed by atoms with Gasteiger partial charge in [-0.2, -0.15) is 0 Å². The summed E-state index contributed by atoms with van der Waals surface area (Å²) in [6.07, 6.45) is 0. The fourth-order valence-corrected chi connectivity index (χ4v) is 3.71. The van der Waals surface area contributed by atoms with Gasteiger partial charge in [0.2, 0.25) is 0 Å². The predicted octanol–water partition coefficient (Wildman–Crippen LogP) is 2.73. The number of nitrogen functional groups attached to an aromatic ring is 1. The van der Waals surface area contributed by atoms with Crippen molar-refractivity contribution in [3.05, 3.63) is 40.6 Å². The molecule has 0 spiro atoms. The maximum Gasteiger partial charge on any atom is 0.152 e. The minimum Gasteiger partial charge on any atom is -0.487 e. The molecule has 0 fully saturated rings. The number of pyridine rings is 1. The van der Waals surface area contributed by atoms with Gasteiger partial charge < -0.3 is 19.8 Å². The number of anilines is 1. The molecule has 0 atom stereocenters. The molecule has 0 amide bonds. The van der Waals surface area contributed by atoms with Crippen molar-refractivity contribution in [2.24, 2.45) is 0 Å². The van der Waals surface area contributed by atoms with Crippen molar-refractivity contribution in [3.8, 4) is 5.75 Å². The van der Waals surface area contributed by atoms with E-state index in [1.54, 1.807) is 16.8 Å². The highest BCUT2D eigenvalue weighted by Gasteiger charge is 2.20. The highest BCUT2D eigenvalue weighted by molar-refractivity contribution is 7.07. The molecule has 4 heterocycles. The van der Waals surface area contributed by atoms with Gasteiger partial charge in [0.05, 0.1) is 28.8 Å². The van der Waals surface area contributed by atoms with Crippen LogP contribution in [0.3, 0.4) is 0 Å². The first-order valence-electron chi connectivity index (χ1n) is 7.95. The molecular formula is C17H15N5O2S. The van der Waals surface area contributed by atoms with Gasteiger partial charge in [0, 0.05) is 23.4 Å². The minimum atomic E-state index is 0.432. The predicted molar refractivity (Wildman–Crippen MR) is 95.5 cm³/mol. The Labute approximate surface area is 147 Å². The Morgan fingerprint density at radius 3 is 3.16 bits per heavy atom. The molecular weight excluding hydrogens is 338 g/mol. The summed E-state index contributed by atoms with van der Waals surface area (Å²) >= 11 is 1.55. The Kier molecular flexibility index (Phi) is 3.32. The molecule has 8 heteroatoms. The van der Waals surface area contributed by atoms with Crippen LogP contribution in [0.4, 0.5) is 5.82 Å². The quantitative estimate of drug-likeness (QED) is 0.609. The Morgan fingerprint density at radius 2 is 2.28 bits per heavy atom. The molecule has 0 aliphatic carbocycles. The van der Waals surface area contributed by atoms with Gasteiger partial charge in [-0.1, -0.05) is 0 Å². The summed E-state index contributed by atoms with van der Waals surface area (Å²) in [6, 6.07) is 5.88. The standard InChI is InChI=1S/C17H15N5O2S/c18-17-15-16(22-3-4-23-7-14(22)21-15)12-2-1-11(5-13(12)20-17)24-6-10-8-25-9-19-10/h1-2,5,8-9H,3-4,6-7H2,(H2,18,20). The van der Waals surface area contributed by atoms with E-state index in [0.29, 0.717) is 25.6 Å². The van der Waals surface area contributed by atoms with Crippen molar-refractivity contribution in [1.82, 2.24) is 19.5 Å². The molecule has 25 heavy (non-hydrogen) atoms. The smallest absolute Gasteiger partial charge is 0.152 e. The normalized spacial score (nSPS) is 14.1. The number of benzene rings is 1. The molecule has 2 N–H and O–H groups in total. The average Bonchev–Trinajstić information content (AvgIpc) is 3.28. The summed E-state index contributed by atoms with van der Waals surface area (Å²) in [7, 11) is 0. The van der Waals surface area contributed by atoms with E-state index in [1.165, 1.54) is 0 Å². The van der Waals surface area contributed by atoms with E-state index in [4.69, 9.17) is 15.2 Å². The first-order chi connectivity index (χ1) is 12.3. The number of thiazole rings is 1. The molecule has 4 aromatic rings. The second-order valence-corrected chi connectivity index (χ2v) is 6.59. The molecule has 1 aromatic carbocycles. The van der Waals surface area contributed by atoms with E-state index in [9.17, 15) is 0 Å². The fourth-order valence-electron chi connectivity index (χ4n) is 3.16. The van der Waals surface area contributed by atoms with E-state index in [-0.39, 0.29) is 0 Å². The number of fused-ring (bicyclic) bond motifs is 5. The summed E-state index contributed by atoms with van der Waals surface area (Å²) in [6.45, 7) is 2.39. The van der Waals surface area contributed by atoms with Crippen LogP contribution in [0.25, 0.3) is 21.9 Å². The fraction of sp³-hybridized carbons (Fsp3) is 0.235. The van der Waals surface area contributed by atoms with Crippen LogP contribution in [0.15, 0.2) is 29.1 Å². The van der Waals surface area contributed by atoms with Crippen LogP contribution in [-0.4, -0.2) is 26.1 Å². The number of hydrogen-bond acceptors (Lipinski definition) is 7. The molecule has 1 aliphatic heterocycles. The lowest BCUT2D eigenvalue weighted by molar-refractivity contribution is 0.0831. The topological polar surface area (TPSA) is 88.1 Å². The molecule has 0 radical (unpaired) electrons. The van der Waals surface area contributed by atoms with Crippen LogP contribution in [0, 0.1) is 0 Å². The van der Waals surface area contributed by atoms with Crippen LogP contribution in [0.2, 0.25) is 0 Å². The maximum atomic E-state index is 6.16. The summed E-state index contributed by atoms with van der Waals surface area (Å²) < 4.78 is 13.5. The van der Waals surface area contributed by atoms with Crippen molar-refractivity contribution >= 4 is 39.1 Å². The van der Waals surface area contributed by atoms with E-state index in [2.05, 4.69) is 19.5 Å². The molecule has 0 bridgehead atoms. The molecule has 126 valence electrons. The first kappa shape index (κ1) is 14.6. The first-order valence-corrected chi connectivity index (χ1v) is 8.90. The van der Waals surface area contributed by atoms with Gasteiger partial charge in [-0.25, -0.2) is 15.0 Å². The zero-order valence-corrected chi connectivity index (χ0v) is 14.1. The lowest BCUT2D eigenvalue weighted by atomic mass is 10.1. The van der Waals surface area contributed by atoms with E-state index in [1.807, 2.05) is 23.6 Å². The maximum absolute atomic E-state index is 6.16. The highest BCUT2D eigenvalue weighted by Crippen LogP contribution is 2.32. The van der Waals surface area contributed by atoms with Gasteiger partial charge in [0.25, 0.3) is 0 Å². The molecule has 5 rings (SSSR count). The number of nitrogens with two attached hydrogens (primary N) is 1. The van der Waals surface area contributed by atoms with Gasteiger partial charge in [0.15, 0.2) is 5.82 Å². The second kappa shape index (κ2) is 5.68. The molecule has 7 nitrogen and oxygen atoms in total. The zero-order chi connectivity index (χ0) is 16.8. The van der Waals surface area contributed by atoms with Crippen molar-refractivity contribution in [2.45, 2.75) is 19.8 Å². The number of rotatable bonds is 3. The summed E-state index contributed by atoms with van der Waals surface area (Å²) in [5.41, 5.74) is 11.4. The lowest BCUT2D eigenvalue weighted by Crippen LogP contribution is -2.16. The van der Waals surface area contributed by atoms with Crippen molar-refractivity contribution in [3.63, 3.8) is 0 Å². The van der Waals surface area contributed by atoms with Gasteiger partial charge >= 0.3 is 0 Å². The summed E-state index contributed by atoms with van der Waals surface area (Å²) in [4.78, 5) is 13.4. The third kappa shape index (κ3) is 2.41. The molecule has 0 saturated heterocycles. The SMILES string of the molecule is Nc1nc2cc(OCc3cscn3)ccc2c2c1nc1n2CCOC1. The highest BCUT2D eigenvalue weighted by atomic mass is 32.1. The Bertz CT molecular complexity index is 1070. The minimum absolute atomic E-state index is 0.432. The van der Waals surface area contributed by atoms with E-state index in [0.717, 1.165) is 45.7 Å². The molecule has 1 aliphatic rings. The van der Waals surface area contributed by atoms with E-state index < -0.39 is 0 Å². The third-order valence-corrected chi connectivity index (χ3v) is 4.95. The summed E-state index contributed by atoms with van der Waals surface area (Å²) in [5, 5.41) is 2.99.